The second-order valence-corrected chi connectivity index (χ2v) is 5.00. The Labute approximate surface area is 118 Å². The van der Waals surface area contributed by atoms with Gasteiger partial charge < -0.3 is 15.4 Å². The fourth-order valence-electron chi connectivity index (χ4n) is 2.33. The number of nitro groups is 1. The summed E-state index contributed by atoms with van der Waals surface area (Å²) in [5, 5.41) is 17.2. The van der Waals surface area contributed by atoms with E-state index >= 15 is 0 Å². The van der Waals surface area contributed by atoms with Crippen LogP contribution in [0, 0.1) is 17.0 Å². The molecule has 2 rings (SSSR count). The minimum atomic E-state index is -0.378. The van der Waals surface area contributed by atoms with E-state index in [9.17, 15) is 10.1 Å². The summed E-state index contributed by atoms with van der Waals surface area (Å²) in [6.07, 6.45) is 2.49. The molecule has 1 aromatic carbocycles. The van der Waals surface area contributed by atoms with Gasteiger partial charge in [0.05, 0.1) is 17.6 Å². The topological polar surface area (TPSA) is 76.4 Å². The van der Waals surface area contributed by atoms with E-state index in [0.717, 1.165) is 37.2 Å². The van der Waals surface area contributed by atoms with E-state index in [0.29, 0.717) is 19.3 Å². The van der Waals surface area contributed by atoms with Crippen molar-refractivity contribution in [1.82, 2.24) is 5.32 Å². The number of piperidine rings is 1. The van der Waals surface area contributed by atoms with E-state index in [-0.39, 0.29) is 10.6 Å². The Morgan fingerprint density at radius 1 is 1.45 bits per heavy atom. The van der Waals surface area contributed by atoms with Crippen LogP contribution >= 0.6 is 0 Å². The number of nitrogens with zero attached hydrogens (tertiary/aromatic N) is 1. The van der Waals surface area contributed by atoms with Crippen molar-refractivity contribution >= 4 is 11.4 Å². The van der Waals surface area contributed by atoms with Gasteiger partial charge in [-0.2, -0.15) is 0 Å². The fourth-order valence-corrected chi connectivity index (χ4v) is 2.33. The molecular weight excluding hydrogens is 258 g/mol. The molecule has 0 bridgehead atoms. The zero-order valence-corrected chi connectivity index (χ0v) is 11.7. The number of hydrogen-bond donors (Lipinski definition) is 2. The average Bonchev–Trinajstić information content (AvgIpc) is 2.46. The van der Waals surface area contributed by atoms with Gasteiger partial charge in [-0.15, -0.1) is 0 Å². The van der Waals surface area contributed by atoms with Crippen molar-refractivity contribution in [2.75, 3.05) is 31.6 Å². The first-order valence-corrected chi connectivity index (χ1v) is 6.98. The molecule has 0 saturated carbocycles. The van der Waals surface area contributed by atoms with Crippen molar-refractivity contribution < 1.29 is 9.66 Å². The van der Waals surface area contributed by atoms with Gasteiger partial charge in [-0.05, 0) is 44.5 Å². The number of non-ortho nitro benzene ring substituents is 1. The lowest BCUT2D eigenvalue weighted by Crippen LogP contribution is -2.33. The number of nitrogens with one attached hydrogen (secondary N) is 2. The van der Waals surface area contributed by atoms with E-state index in [1.54, 1.807) is 12.1 Å². The van der Waals surface area contributed by atoms with E-state index in [1.807, 2.05) is 6.92 Å². The highest BCUT2D eigenvalue weighted by Crippen LogP contribution is 2.20. The number of ether oxygens (including phenoxy) is 1. The molecule has 1 aliphatic rings. The monoisotopic (exact) mass is 279 g/mol. The largest absolute Gasteiger partial charge is 0.383 e. The maximum Gasteiger partial charge on any atom is 0.269 e. The second-order valence-electron chi connectivity index (χ2n) is 5.00. The van der Waals surface area contributed by atoms with Gasteiger partial charge in [0.15, 0.2) is 0 Å². The Balaban J connectivity index is 1.74. The number of nitro benzene ring substituents is 1. The van der Waals surface area contributed by atoms with Crippen LogP contribution < -0.4 is 10.6 Å². The molecule has 6 nitrogen and oxygen atoms in total. The number of aryl methyl sites for hydroxylation is 1. The molecule has 0 spiro atoms. The minimum Gasteiger partial charge on any atom is -0.383 e. The first-order valence-electron chi connectivity index (χ1n) is 6.98. The molecule has 1 aromatic rings. The third-order valence-corrected chi connectivity index (χ3v) is 3.48. The lowest BCUT2D eigenvalue weighted by molar-refractivity contribution is -0.384. The SMILES string of the molecule is Cc1cc([N+](=O)[O-])ccc1NCCOC1CCNCC1. The second kappa shape index (κ2) is 7.21. The smallest absolute Gasteiger partial charge is 0.269 e. The third-order valence-electron chi connectivity index (χ3n) is 3.48. The standard InChI is InChI=1S/C14H21N3O3/c1-11-10-12(17(18)19)2-3-14(11)16-8-9-20-13-4-6-15-7-5-13/h2-3,10,13,15-16H,4-9H2,1H3. The minimum absolute atomic E-state index is 0.124. The summed E-state index contributed by atoms with van der Waals surface area (Å²) in [5.74, 6) is 0. The Hall–Kier alpha value is -1.66. The van der Waals surface area contributed by atoms with Crippen LogP contribution in [0.2, 0.25) is 0 Å². The maximum atomic E-state index is 10.7. The number of rotatable bonds is 6. The van der Waals surface area contributed by atoms with Crippen LogP contribution in [0.4, 0.5) is 11.4 Å². The van der Waals surface area contributed by atoms with Crippen molar-refractivity contribution in [1.29, 1.82) is 0 Å². The van der Waals surface area contributed by atoms with Crippen LogP contribution in [-0.2, 0) is 4.74 Å². The fraction of sp³-hybridized carbons (Fsp3) is 0.571. The summed E-state index contributed by atoms with van der Waals surface area (Å²) >= 11 is 0. The van der Waals surface area contributed by atoms with Gasteiger partial charge in [-0.1, -0.05) is 0 Å². The van der Waals surface area contributed by atoms with Crippen LogP contribution in [0.5, 0.6) is 0 Å². The van der Waals surface area contributed by atoms with Crippen molar-refractivity contribution in [3.8, 4) is 0 Å². The molecule has 0 radical (unpaired) electrons. The van der Waals surface area contributed by atoms with E-state index < -0.39 is 0 Å². The van der Waals surface area contributed by atoms with Crippen LogP contribution in [0.3, 0.4) is 0 Å². The molecule has 2 N–H and O–H groups in total. The highest BCUT2D eigenvalue weighted by Gasteiger charge is 2.12. The Bertz CT molecular complexity index is 459. The van der Waals surface area contributed by atoms with Gasteiger partial charge in [0.1, 0.15) is 0 Å². The summed E-state index contributed by atoms with van der Waals surface area (Å²) in [7, 11) is 0. The van der Waals surface area contributed by atoms with Gasteiger partial charge in [0.25, 0.3) is 5.69 Å². The highest BCUT2D eigenvalue weighted by atomic mass is 16.6. The van der Waals surface area contributed by atoms with Crippen molar-refractivity contribution in [3.63, 3.8) is 0 Å². The van der Waals surface area contributed by atoms with Crippen molar-refractivity contribution in [2.24, 2.45) is 0 Å². The van der Waals surface area contributed by atoms with Crippen molar-refractivity contribution in [2.45, 2.75) is 25.9 Å². The van der Waals surface area contributed by atoms with Gasteiger partial charge in [0, 0.05) is 24.4 Å². The predicted octanol–water partition coefficient (Wildman–Crippen LogP) is 2.08. The predicted molar refractivity (Wildman–Crippen MR) is 78.2 cm³/mol. The zero-order valence-electron chi connectivity index (χ0n) is 11.7. The average molecular weight is 279 g/mol. The molecule has 0 aliphatic carbocycles. The Morgan fingerprint density at radius 2 is 2.20 bits per heavy atom. The molecular formula is C14H21N3O3. The molecule has 0 amide bonds. The van der Waals surface area contributed by atoms with Gasteiger partial charge >= 0.3 is 0 Å². The van der Waals surface area contributed by atoms with E-state index in [2.05, 4.69) is 10.6 Å². The Morgan fingerprint density at radius 3 is 2.85 bits per heavy atom. The molecule has 0 atom stereocenters. The van der Waals surface area contributed by atoms with E-state index in [1.165, 1.54) is 6.07 Å². The quantitative estimate of drug-likeness (QED) is 0.473. The molecule has 20 heavy (non-hydrogen) atoms. The number of hydrogen-bond acceptors (Lipinski definition) is 5. The van der Waals surface area contributed by atoms with Gasteiger partial charge in [0.2, 0.25) is 0 Å². The summed E-state index contributed by atoms with van der Waals surface area (Å²) in [5.41, 5.74) is 1.92. The normalized spacial score (nSPS) is 16.1. The number of benzene rings is 1. The molecule has 1 heterocycles. The van der Waals surface area contributed by atoms with Gasteiger partial charge in [-0.25, -0.2) is 0 Å². The van der Waals surface area contributed by atoms with Crippen LogP contribution in [0.1, 0.15) is 18.4 Å². The summed E-state index contributed by atoms with van der Waals surface area (Å²) in [6.45, 7) is 5.28. The zero-order chi connectivity index (χ0) is 14.4. The molecule has 6 heteroatoms. The van der Waals surface area contributed by atoms with E-state index in [4.69, 9.17) is 4.74 Å². The number of anilines is 1. The summed E-state index contributed by atoms with van der Waals surface area (Å²) in [6, 6.07) is 4.84. The third kappa shape index (κ3) is 4.18. The molecule has 0 aromatic heterocycles. The van der Waals surface area contributed by atoms with Crippen LogP contribution in [0.25, 0.3) is 0 Å². The van der Waals surface area contributed by atoms with Crippen LogP contribution in [0.15, 0.2) is 18.2 Å². The lowest BCUT2D eigenvalue weighted by atomic mass is 10.1. The summed E-state index contributed by atoms with van der Waals surface area (Å²) < 4.78 is 5.80. The molecule has 0 unspecified atom stereocenters. The highest BCUT2D eigenvalue weighted by molar-refractivity contribution is 5.55. The first kappa shape index (κ1) is 14.7. The first-order chi connectivity index (χ1) is 9.66. The molecule has 1 saturated heterocycles. The maximum absolute atomic E-state index is 10.7. The lowest BCUT2D eigenvalue weighted by Gasteiger charge is -2.23. The summed E-state index contributed by atoms with van der Waals surface area (Å²) in [4.78, 5) is 10.3. The van der Waals surface area contributed by atoms with Gasteiger partial charge in [-0.3, -0.25) is 10.1 Å². The Kier molecular flexibility index (Phi) is 5.31. The van der Waals surface area contributed by atoms with Crippen molar-refractivity contribution in [3.05, 3.63) is 33.9 Å². The van der Waals surface area contributed by atoms with Crippen LogP contribution in [-0.4, -0.2) is 37.3 Å². The molecule has 1 aliphatic heterocycles. The molecule has 110 valence electrons. The molecule has 1 fully saturated rings.